The van der Waals surface area contributed by atoms with Gasteiger partial charge in [0.2, 0.25) is 5.91 Å². The molecule has 1 aliphatic rings. The van der Waals surface area contributed by atoms with Crippen molar-refractivity contribution >= 4 is 34.6 Å². The molecule has 1 aromatic heterocycles. The van der Waals surface area contributed by atoms with Gasteiger partial charge < -0.3 is 5.32 Å². The van der Waals surface area contributed by atoms with E-state index in [-0.39, 0.29) is 17.2 Å². The van der Waals surface area contributed by atoms with Crippen molar-refractivity contribution < 1.29 is 9.59 Å². The largest absolute Gasteiger partial charge is 0.336 e. The smallest absolute Gasteiger partial charge is 0.324 e. The van der Waals surface area contributed by atoms with Crippen LogP contribution in [0.5, 0.6) is 0 Å². The number of carbonyl (C=O) groups excluding carboxylic acids is 2. The van der Waals surface area contributed by atoms with Gasteiger partial charge in [-0.1, -0.05) is 23.9 Å². The molecule has 8 nitrogen and oxygen atoms in total. The molecule has 9 heteroatoms. The summed E-state index contributed by atoms with van der Waals surface area (Å²) in [5.41, 5.74) is 1.27. The van der Waals surface area contributed by atoms with Gasteiger partial charge in [0.1, 0.15) is 0 Å². The third-order valence-electron chi connectivity index (χ3n) is 4.48. The molecule has 0 radical (unpaired) electrons. The van der Waals surface area contributed by atoms with Crippen LogP contribution < -0.4 is 10.9 Å². The highest BCUT2D eigenvalue weighted by molar-refractivity contribution is 7.99. The number of carbonyl (C=O) groups is 2. The van der Waals surface area contributed by atoms with Gasteiger partial charge in [0.05, 0.1) is 34.0 Å². The van der Waals surface area contributed by atoms with Gasteiger partial charge in [-0.2, -0.15) is 5.26 Å². The number of urea groups is 1. The molecule has 1 saturated heterocycles. The molecular formula is C20H15N5O3S. The summed E-state index contributed by atoms with van der Waals surface area (Å²) >= 11 is 1.09. The number of nitriles is 1. The molecule has 0 atom stereocenters. The van der Waals surface area contributed by atoms with Crippen molar-refractivity contribution in [2.24, 2.45) is 0 Å². The molecular weight excluding hydrogens is 390 g/mol. The second-order valence-corrected chi connectivity index (χ2v) is 7.22. The van der Waals surface area contributed by atoms with Gasteiger partial charge in [-0.3, -0.25) is 19.1 Å². The normalized spacial score (nSPS) is 13.3. The average molecular weight is 405 g/mol. The summed E-state index contributed by atoms with van der Waals surface area (Å²) in [7, 11) is 0. The van der Waals surface area contributed by atoms with Crippen molar-refractivity contribution in [3.05, 3.63) is 64.4 Å². The van der Waals surface area contributed by atoms with E-state index in [1.54, 1.807) is 48.5 Å². The van der Waals surface area contributed by atoms with Crippen LogP contribution in [0.3, 0.4) is 0 Å². The first kappa shape index (κ1) is 18.7. The lowest BCUT2D eigenvalue weighted by Crippen LogP contribution is -2.35. The Labute approximate surface area is 169 Å². The molecule has 1 fully saturated rings. The van der Waals surface area contributed by atoms with E-state index >= 15 is 0 Å². The molecule has 2 heterocycles. The number of para-hydroxylation sites is 1. The van der Waals surface area contributed by atoms with E-state index in [0.717, 1.165) is 16.7 Å². The quantitative estimate of drug-likeness (QED) is 0.525. The van der Waals surface area contributed by atoms with Crippen LogP contribution in [0.25, 0.3) is 16.6 Å². The molecule has 0 aliphatic carbocycles. The van der Waals surface area contributed by atoms with Crippen molar-refractivity contribution in [1.82, 2.24) is 19.8 Å². The van der Waals surface area contributed by atoms with Crippen LogP contribution in [0, 0.1) is 11.3 Å². The van der Waals surface area contributed by atoms with Gasteiger partial charge in [-0.25, -0.2) is 9.78 Å². The van der Waals surface area contributed by atoms with Gasteiger partial charge in [0, 0.05) is 13.1 Å². The standard InChI is InChI=1S/C20H15N5O3S/c21-11-13-5-7-14(8-6-13)25-18(27)15-3-1-2-4-16(15)23-20(25)29-12-17(26)24-10-9-22-19(24)28/h1-8H,9-10,12H2,(H,22,28). The zero-order chi connectivity index (χ0) is 20.4. The second kappa shape index (κ2) is 7.77. The fraction of sp³-hybridized carbons (Fsp3) is 0.150. The summed E-state index contributed by atoms with van der Waals surface area (Å²) in [6, 6.07) is 15.2. The van der Waals surface area contributed by atoms with Crippen LogP contribution in [-0.2, 0) is 4.79 Å². The summed E-state index contributed by atoms with van der Waals surface area (Å²) in [6.45, 7) is 0.755. The Morgan fingerprint density at radius 2 is 1.93 bits per heavy atom. The lowest BCUT2D eigenvalue weighted by Gasteiger charge is -2.15. The highest BCUT2D eigenvalue weighted by Gasteiger charge is 2.26. The van der Waals surface area contributed by atoms with Crippen LogP contribution >= 0.6 is 11.8 Å². The highest BCUT2D eigenvalue weighted by Crippen LogP contribution is 2.22. The zero-order valence-electron chi connectivity index (χ0n) is 15.2. The van der Waals surface area contributed by atoms with Gasteiger partial charge in [0.25, 0.3) is 5.56 Å². The topological polar surface area (TPSA) is 108 Å². The molecule has 0 unspecified atom stereocenters. The Balaban J connectivity index is 1.75. The predicted octanol–water partition coefficient (Wildman–Crippen LogP) is 1.90. The van der Waals surface area contributed by atoms with E-state index in [1.165, 1.54) is 4.57 Å². The minimum absolute atomic E-state index is 0.0333. The minimum Gasteiger partial charge on any atom is -0.336 e. The minimum atomic E-state index is -0.411. The van der Waals surface area contributed by atoms with Crippen molar-refractivity contribution in [2.75, 3.05) is 18.8 Å². The van der Waals surface area contributed by atoms with Gasteiger partial charge >= 0.3 is 6.03 Å². The number of hydrogen-bond donors (Lipinski definition) is 1. The number of imide groups is 1. The average Bonchev–Trinajstić information content (AvgIpc) is 3.18. The predicted molar refractivity (Wildman–Crippen MR) is 108 cm³/mol. The van der Waals surface area contributed by atoms with Crippen LogP contribution in [-0.4, -0.2) is 45.2 Å². The van der Waals surface area contributed by atoms with E-state index < -0.39 is 6.03 Å². The molecule has 2 aromatic carbocycles. The number of amides is 3. The Morgan fingerprint density at radius 3 is 2.62 bits per heavy atom. The molecule has 0 saturated carbocycles. The first-order valence-electron chi connectivity index (χ1n) is 8.82. The second-order valence-electron chi connectivity index (χ2n) is 6.28. The number of fused-ring (bicyclic) bond motifs is 1. The molecule has 0 bridgehead atoms. The van der Waals surface area contributed by atoms with Crippen LogP contribution in [0.2, 0.25) is 0 Å². The number of benzene rings is 2. The van der Waals surface area contributed by atoms with E-state index in [4.69, 9.17) is 5.26 Å². The highest BCUT2D eigenvalue weighted by atomic mass is 32.2. The Morgan fingerprint density at radius 1 is 1.17 bits per heavy atom. The van der Waals surface area contributed by atoms with Gasteiger partial charge in [-0.15, -0.1) is 0 Å². The number of thioether (sulfide) groups is 1. The van der Waals surface area contributed by atoms with Crippen LogP contribution in [0.4, 0.5) is 4.79 Å². The summed E-state index contributed by atoms with van der Waals surface area (Å²) in [6.07, 6.45) is 0. The first-order chi connectivity index (χ1) is 14.1. The van der Waals surface area contributed by atoms with Crippen molar-refractivity contribution in [2.45, 2.75) is 5.16 Å². The fourth-order valence-corrected chi connectivity index (χ4v) is 3.92. The van der Waals surface area contributed by atoms with Crippen LogP contribution in [0.1, 0.15) is 5.56 Å². The molecule has 1 aliphatic heterocycles. The molecule has 0 spiro atoms. The maximum atomic E-state index is 13.1. The summed E-state index contributed by atoms with van der Waals surface area (Å²) < 4.78 is 1.42. The van der Waals surface area contributed by atoms with E-state index in [2.05, 4.69) is 10.3 Å². The molecule has 1 N–H and O–H groups in total. The van der Waals surface area contributed by atoms with Gasteiger partial charge in [-0.05, 0) is 36.4 Å². The number of rotatable bonds is 4. The summed E-state index contributed by atoms with van der Waals surface area (Å²) in [4.78, 5) is 42.9. The Kier molecular flexibility index (Phi) is 5.01. The van der Waals surface area contributed by atoms with E-state index in [1.807, 2.05) is 6.07 Å². The first-order valence-corrected chi connectivity index (χ1v) is 9.80. The monoisotopic (exact) mass is 405 g/mol. The van der Waals surface area contributed by atoms with Crippen molar-refractivity contribution in [1.29, 1.82) is 5.26 Å². The van der Waals surface area contributed by atoms with Crippen molar-refractivity contribution in [3.63, 3.8) is 0 Å². The SMILES string of the molecule is N#Cc1ccc(-n2c(SCC(=O)N3CCNC3=O)nc3ccccc3c2=O)cc1. The van der Waals surface area contributed by atoms with Gasteiger partial charge in [0.15, 0.2) is 5.16 Å². The van der Waals surface area contributed by atoms with Crippen LogP contribution in [0.15, 0.2) is 58.5 Å². The summed E-state index contributed by atoms with van der Waals surface area (Å²) in [5.74, 6) is -0.382. The molecule has 3 amide bonds. The number of nitrogens with one attached hydrogen (secondary N) is 1. The summed E-state index contributed by atoms with van der Waals surface area (Å²) in [5, 5.41) is 12.4. The number of aromatic nitrogens is 2. The van der Waals surface area contributed by atoms with Crippen molar-refractivity contribution in [3.8, 4) is 11.8 Å². The molecule has 144 valence electrons. The third kappa shape index (κ3) is 3.58. The fourth-order valence-electron chi connectivity index (χ4n) is 3.04. The number of nitrogens with zero attached hydrogens (tertiary/aromatic N) is 4. The molecule has 3 aromatic rings. The molecule has 29 heavy (non-hydrogen) atoms. The molecule has 4 rings (SSSR count). The van der Waals surface area contributed by atoms with E-state index in [9.17, 15) is 14.4 Å². The maximum absolute atomic E-state index is 13.1. The zero-order valence-corrected chi connectivity index (χ0v) is 16.0. The number of hydrogen-bond acceptors (Lipinski definition) is 6. The van der Waals surface area contributed by atoms with E-state index in [0.29, 0.717) is 40.4 Å². The Hall–Kier alpha value is -3.64. The lowest BCUT2D eigenvalue weighted by molar-refractivity contribution is -0.124. The Bertz CT molecular complexity index is 1210. The lowest BCUT2D eigenvalue weighted by atomic mass is 10.2. The third-order valence-corrected chi connectivity index (χ3v) is 5.41. The maximum Gasteiger partial charge on any atom is 0.324 e.